The highest BCUT2D eigenvalue weighted by molar-refractivity contribution is 6.34. The summed E-state index contributed by atoms with van der Waals surface area (Å²) < 4.78 is 0. The summed E-state index contributed by atoms with van der Waals surface area (Å²) >= 11 is 0. The standard InChI is InChI=1S/C4H6N2O3/c1-2(7)3(6-5)4(8)9/h2,7H,1H3,(H,8,9). The lowest BCUT2D eigenvalue weighted by molar-refractivity contribution is -0.135. The number of aliphatic carboxylic acids is 1. The first-order valence-electron chi connectivity index (χ1n) is 2.23. The molecule has 0 saturated carbocycles. The predicted molar refractivity (Wildman–Crippen MR) is 27.9 cm³/mol. The van der Waals surface area contributed by atoms with Crippen molar-refractivity contribution >= 4 is 11.7 Å². The van der Waals surface area contributed by atoms with E-state index in [1.165, 1.54) is 6.92 Å². The second kappa shape index (κ2) is 2.96. The van der Waals surface area contributed by atoms with Gasteiger partial charge in [0.15, 0.2) is 6.10 Å². The van der Waals surface area contributed by atoms with Crippen molar-refractivity contribution in [3.8, 4) is 0 Å². The molecule has 5 heteroatoms. The fourth-order valence-electron chi connectivity index (χ4n) is 0.305. The minimum absolute atomic E-state index is 0.657. The Hall–Kier alpha value is -1.19. The van der Waals surface area contributed by atoms with Gasteiger partial charge in [0.05, 0.1) is 0 Å². The van der Waals surface area contributed by atoms with Gasteiger partial charge in [-0.25, -0.2) is 4.79 Å². The van der Waals surface area contributed by atoms with Crippen LogP contribution in [0.3, 0.4) is 0 Å². The van der Waals surface area contributed by atoms with Gasteiger partial charge in [0.2, 0.25) is 0 Å². The molecule has 0 fully saturated rings. The van der Waals surface area contributed by atoms with Crippen LogP contribution in [0, 0.1) is 0 Å². The van der Waals surface area contributed by atoms with Crippen molar-refractivity contribution in [3.63, 3.8) is 0 Å². The highest BCUT2D eigenvalue weighted by Gasteiger charge is 2.24. The molecule has 0 spiro atoms. The highest BCUT2D eigenvalue weighted by Crippen LogP contribution is 1.81. The van der Waals surface area contributed by atoms with Crippen molar-refractivity contribution in [1.82, 2.24) is 0 Å². The van der Waals surface area contributed by atoms with E-state index in [9.17, 15) is 4.79 Å². The van der Waals surface area contributed by atoms with Gasteiger partial charge >= 0.3 is 11.7 Å². The summed E-state index contributed by atoms with van der Waals surface area (Å²) in [6.07, 6.45) is -1.24. The first-order valence-corrected chi connectivity index (χ1v) is 2.23. The molecule has 2 N–H and O–H groups in total. The number of carboxylic acid groups (broad SMARTS) is 1. The summed E-state index contributed by atoms with van der Waals surface area (Å²) in [5.74, 6) is -1.42. The van der Waals surface area contributed by atoms with E-state index in [2.05, 4.69) is 4.79 Å². The van der Waals surface area contributed by atoms with Crippen LogP contribution in [0.5, 0.6) is 0 Å². The number of rotatable bonds is 2. The van der Waals surface area contributed by atoms with Gasteiger partial charge in [-0.2, -0.15) is 4.79 Å². The average Bonchev–Trinajstić information content (AvgIpc) is 1.64. The largest absolute Gasteiger partial charge is 0.473 e. The quantitative estimate of drug-likeness (QED) is 0.289. The Morgan fingerprint density at radius 3 is 2.22 bits per heavy atom. The third kappa shape index (κ3) is 2.03. The molecule has 0 amide bonds. The monoisotopic (exact) mass is 130 g/mol. The maximum Gasteiger partial charge on any atom is 0.417 e. The lowest BCUT2D eigenvalue weighted by Crippen LogP contribution is -2.26. The van der Waals surface area contributed by atoms with Crippen molar-refractivity contribution in [2.75, 3.05) is 0 Å². The number of aliphatic hydroxyl groups is 1. The summed E-state index contributed by atoms with van der Waals surface area (Å²) in [6, 6.07) is 0. The molecule has 0 saturated heterocycles. The van der Waals surface area contributed by atoms with E-state index < -0.39 is 17.8 Å². The van der Waals surface area contributed by atoms with Crippen molar-refractivity contribution in [2.24, 2.45) is 0 Å². The molecule has 0 heterocycles. The SMILES string of the molecule is CC(O)C(=[N+]=[N-])C(=O)O. The molecule has 1 unspecified atom stereocenters. The Morgan fingerprint density at radius 1 is 1.78 bits per heavy atom. The molecule has 1 atom stereocenters. The molecular formula is C4H6N2O3. The molecule has 0 aromatic heterocycles. The first-order chi connectivity index (χ1) is 4.09. The molecule has 9 heavy (non-hydrogen) atoms. The van der Waals surface area contributed by atoms with Gasteiger partial charge in [0.25, 0.3) is 0 Å². The molecule has 50 valence electrons. The summed E-state index contributed by atoms with van der Waals surface area (Å²) in [6.45, 7) is 1.20. The second-order valence-corrected chi connectivity index (χ2v) is 1.47. The summed E-state index contributed by atoms with van der Waals surface area (Å²) in [5, 5.41) is 16.6. The molecule has 5 nitrogen and oxygen atoms in total. The first kappa shape index (κ1) is 7.81. The number of nitrogens with zero attached hydrogens (tertiary/aromatic N) is 2. The van der Waals surface area contributed by atoms with Crippen molar-refractivity contribution in [2.45, 2.75) is 13.0 Å². The number of aliphatic hydroxyl groups excluding tert-OH is 1. The van der Waals surface area contributed by atoms with E-state index in [4.69, 9.17) is 15.7 Å². The van der Waals surface area contributed by atoms with Crippen LogP contribution < -0.4 is 0 Å². The van der Waals surface area contributed by atoms with Crippen molar-refractivity contribution in [1.29, 1.82) is 0 Å². The van der Waals surface area contributed by atoms with Crippen LogP contribution in [-0.2, 0) is 4.79 Å². The maximum atomic E-state index is 9.92. The molecule has 0 aromatic rings. The fraction of sp³-hybridized carbons (Fsp3) is 0.500. The topological polar surface area (TPSA) is 93.9 Å². The zero-order valence-corrected chi connectivity index (χ0v) is 4.77. The molecule has 0 aliphatic heterocycles. The average molecular weight is 130 g/mol. The number of carboxylic acids is 1. The molecule has 0 radical (unpaired) electrons. The van der Waals surface area contributed by atoms with E-state index in [-0.39, 0.29) is 0 Å². The Morgan fingerprint density at radius 2 is 2.22 bits per heavy atom. The number of hydrogen-bond donors (Lipinski definition) is 2. The highest BCUT2D eigenvalue weighted by atomic mass is 16.4. The van der Waals surface area contributed by atoms with Crippen molar-refractivity contribution in [3.05, 3.63) is 5.53 Å². The smallest absolute Gasteiger partial charge is 0.417 e. The van der Waals surface area contributed by atoms with Gasteiger partial charge in [0, 0.05) is 0 Å². The zero-order valence-electron chi connectivity index (χ0n) is 4.77. The van der Waals surface area contributed by atoms with Crippen LogP contribution in [0.15, 0.2) is 0 Å². The lowest BCUT2D eigenvalue weighted by atomic mass is 10.2. The van der Waals surface area contributed by atoms with Gasteiger partial charge in [-0.1, -0.05) is 0 Å². The Kier molecular flexibility index (Phi) is 2.57. The van der Waals surface area contributed by atoms with Gasteiger partial charge in [-0.3, -0.25) is 0 Å². The predicted octanol–water partition coefficient (Wildman–Crippen LogP) is -0.877. The lowest BCUT2D eigenvalue weighted by Gasteiger charge is -1.89. The van der Waals surface area contributed by atoms with Crippen LogP contribution in [-0.4, -0.2) is 32.8 Å². The Balaban J connectivity index is 4.38. The third-order valence-corrected chi connectivity index (χ3v) is 0.723. The zero-order chi connectivity index (χ0) is 7.44. The van der Waals surface area contributed by atoms with E-state index in [0.29, 0.717) is 0 Å². The summed E-state index contributed by atoms with van der Waals surface area (Å²) in [7, 11) is 0. The minimum atomic E-state index is -1.42. The Labute approximate surface area is 51.2 Å². The molecule has 0 aliphatic carbocycles. The number of hydrogen-bond acceptors (Lipinski definition) is 2. The molecule has 0 rings (SSSR count). The van der Waals surface area contributed by atoms with Crippen LogP contribution in [0.25, 0.3) is 5.53 Å². The van der Waals surface area contributed by atoms with Gasteiger partial charge in [-0.05, 0) is 6.92 Å². The Bertz CT molecular complexity index is 169. The normalized spacial score (nSPS) is 11.8. The third-order valence-electron chi connectivity index (χ3n) is 0.723. The van der Waals surface area contributed by atoms with E-state index >= 15 is 0 Å². The van der Waals surface area contributed by atoms with E-state index in [1.807, 2.05) is 0 Å². The number of carbonyl (C=O) groups is 1. The molecular weight excluding hydrogens is 124 g/mol. The van der Waals surface area contributed by atoms with Gasteiger partial charge in [0.1, 0.15) is 0 Å². The maximum absolute atomic E-state index is 9.92. The van der Waals surface area contributed by atoms with E-state index in [0.717, 1.165) is 0 Å². The fourth-order valence-corrected chi connectivity index (χ4v) is 0.305. The summed E-state index contributed by atoms with van der Waals surface area (Å²) in [4.78, 5) is 12.3. The molecule has 0 aromatic carbocycles. The molecule has 0 bridgehead atoms. The van der Waals surface area contributed by atoms with E-state index in [1.54, 1.807) is 0 Å². The van der Waals surface area contributed by atoms with Gasteiger partial charge in [-0.15, -0.1) is 0 Å². The summed E-state index contributed by atoms with van der Waals surface area (Å²) in [5.41, 5.74) is 7.26. The van der Waals surface area contributed by atoms with Crippen LogP contribution >= 0.6 is 0 Å². The molecule has 0 aliphatic rings. The van der Waals surface area contributed by atoms with Crippen molar-refractivity contribution < 1.29 is 19.8 Å². The minimum Gasteiger partial charge on any atom is -0.473 e. The van der Waals surface area contributed by atoms with Crippen LogP contribution in [0.1, 0.15) is 6.92 Å². The van der Waals surface area contributed by atoms with Crippen LogP contribution in [0.2, 0.25) is 0 Å². The van der Waals surface area contributed by atoms with Gasteiger partial charge < -0.3 is 15.7 Å². The van der Waals surface area contributed by atoms with Crippen LogP contribution in [0.4, 0.5) is 0 Å². The second-order valence-electron chi connectivity index (χ2n) is 1.47.